The van der Waals surface area contributed by atoms with Gasteiger partial charge in [-0.25, -0.2) is 4.98 Å². The zero-order valence-corrected chi connectivity index (χ0v) is 9.16. The lowest BCUT2D eigenvalue weighted by Crippen LogP contribution is -2.45. The van der Waals surface area contributed by atoms with Crippen LogP contribution in [0.15, 0.2) is 21.7 Å². The third kappa shape index (κ3) is 2.10. The van der Waals surface area contributed by atoms with Crippen LogP contribution in [0.1, 0.15) is 5.56 Å². The van der Waals surface area contributed by atoms with Crippen molar-refractivity contribution in [1.29, 1.82) is 0 Å². The molecular weight excluding hydrogens is 244 g/mol. The molecule has 1 saturated heterocycles. The summed E-state index contributed by atoms with van der Waals surface area (Å²) in [6.45, 7) is 1.91. The van der Waals surface area contributed by atoms with Crippen molar-refractivity contribution in [1.82, 2.24) is 10.3 Å². The topological polar surface area (TPSA) is 63.3 Å². The van der Waals surface area contributed by atoms with Crippen LogP contribution in [-0.2, 0) is 0 Å². The first-order valence-electron chi connectivity index (χ1n) is 4.40. The summed E-state index contributed by atoms with van der Waals surface area (Å²) in [5.41, 5.74) is 6.56. The monoisotopic (exact) mass is 254 g/mol. The maximum absolute atomic E-state index is 5.70. The van der Waals surface area contributed by atoms with Gasteiger partial charge in [0.25, 0.3) is 0 Å². The molecule has 0 bridgehead atoms. The smallest absolute Gasteiger partial charge is 0.132 e. The summed E-state index contributed by atoms with van der Waals surface area (Å²) in [5, 5.41) is 3.15. The van der Waals surface area contributed by atoms with Gasteiger partial charge in [-0.3, -0.25) is 4.99 Å². The van der Waals surface area contributed by atoms with Crippen molar-refractivity contribution in [2.75, 3.05) is 18.8 Å². The number of pyridine rings is 1. The molecule has 1 aliphatic heterocycles. The number of nitrogen functional groups attached to an aromatic ring is 1. The lowest BCUT2D eigenvalue weighted by atomic mass is 10.2. The van der Waals surface area contributed by atoms with E-state index in [9.17, 15) is 0 Å². The minimum Gasteiger partial charge on any atom is -0.383 e. The summed E-state index contributed by atoms with van der Waals surface area (Å²) in [5.74, 6) is 0.518. The molecule has 1 aromatic rings. The Balaban J connectivity index is 2.14. The molecule has 2 heterocycles. The number of rotatable bonds is 2. The van der Waals surface area contributed by atoms with Gasteiger partial charge in [0, 0.05) is 35.5 Å². The molecule has 0 atom stereocenters. The van der Waals surface area contributed by atoms with Crippen LogP contribution >= 0.6 is 15.9 Å². The second kappa shape index (κ2) is 4.06. The molecule has 0 radical (unpaired) electrons. The molecule has 0 spiro atoms. The Hall–Kier alpha value is -0.940. The largest absolute Gasteiger partial charge is 0.383 e. The molecule has 0 saturated carbocycles. The average Bonchev–Trinajstić information content (AvgIpc) is 2.08. The van der Waals surface area contributed by atoms with Crippen molar-refractivity contribution in [3.8, 4) is 0 Å². The van der Waals surface area contributed by atoms with Crippen LogP contribution in [0.3, 0.4) is 0 Å². The average molecular weight is 255 g/mol. The molecule has 0 aromatic carbocycles. The van der Waals surface area contributed by atoms with Crippen molar-refractivity contribution in [3.05, 3.63) is 22.3 Å². The van der Waals surface area contributed by atoms with Crippen LogP contribution in [0.25, 0.3) is 0 Å². The number of aromatic nitrogens is 1. The number of aliphatic imine (C=N–C) groups is 1. The van der Waals surface area contributed by atoms with Crippen molar-refractivity contribution < 1.29 is 0 Å². The van der Waals surface area contributed by atoms with E-state index in [2.05, 4.69) is 31.2 Å². The van der Waals surface area contributed by atoms with Gasteiger partial charge in [-0.15, -0.1) is 0 Å². The maximum Gasteiger partial charge on any atom is 0.132 e. The van der Waals surface area contributed by atoms with Gasteiger partial charge in [-0.05, 0) is 22.0 Å². The van der Waals surface area contributed by atoms with Gasteiger partial charge in [0.1, 0.15) is 5.82 Å². The van der Waals surface area contributed by atoms with E-state index in [4.69, 9.17) is 5.73 Å². The standard InChI is InChI=1S/C9H11BrN4/c10-7-1-6(9(11)14-3-7)2-13-8-4-12-5-8/h1-3,8,12H,4-5H2,(H2,11,14). The predicted octanol–water partition coefficient (Wildman–Crippen LogP) is 0.817. The number of hydrogen-bond acceptors (Lipinski definition) is 4. The minimum absolute atomic E-state index is 0.397. The highest BCUT2D eigenvalue weighted by molar-refractivity contribution is 9.10. The van der Waals surface area contributed by atoms with Crippen LogP contribution in [0, 0.1) is 0 Å². The van der Waals surface area contributed by atoms with Crippen LogP contribution in [0.5, 0.6) is 0 Å². The molecule has 0 amide bonds. The van der Waals surface area contributed by atoms with E-state index in [0.29, 0.717) is 11.9 Å². The number of nitrogens with one attached hydrogen (secondary N) is 1. The van der Waals surface area contributed by atoms with Crippen LogP contribution in [-0.4, -0.2) is 30.3 Å². The summed E-state index contributed by atoms with van der Waals surface area (Å²) in [4.78, 5) is 8.40. The highest BCUT2D eigenvalue weighted by Gasteiger charge is 2.13. The quantitative estimate of drug-likeness (QED) is 0.769. The van der Waals surface area contributed by atoms with Crippen LogP contribution in [0.2, 0.25) is 0 Å². The van der Waals surface area contributed by atoms with E-state index in [1.54, 1.807) is 12.4 Å². The third-order valence-electron chi connectivity index (χ3n) is 2.10. The van der Waals surface area contributed by atoms with E-state index >= 15 is 0 Å². The Bertz CT molecular complexity index is 360. The molecule has 3 N–H and O–H groups in total. The molecular formula is C9H11BrN4. The summed E-state index contributed by atoms with van der Waals surface area (Å²) in [7, 11) is 0. The molecule has 1 aromatic heterocycles. The number of halogens is 1. The molecule has 5 heteroatoms. The molecule has 1 fully saturated rings. The summed E-state index contributed by atoms with van der Waals surface area (Å²) >= 11 is 3.34. The molecule has 2 rings (SSSR count). The fourth-order valence-corrected chi connectivity index (χ4v) is 1.48. The minimum atomic E-state index is 0.397. The summed E-state index contributed by atoms with van der Waals surface area (Å²) in [6, 6.07) is 2.31. The van der Waals surface area contributed by atoms with E-state index in [1.165, 1.54) is 0 Å². The maximum atomic E-state index is 5.70. The van der Waals surface area contributed by atoms with Crippen LogP contribution < -0.4 is 11.1 Å². The molecule has 1 aliphatic rings. The van der Waals surface area contributed by atoms with Gasteiger partial charge in [0.15, 0.2) is 0 Å². The number of hydrogen-bond donors (Lipinski definition) is 2. The Labute approximate surface area is 90.8 Å². The normalized spacial score (nSPS) is 17.2. The number of nitrogens with zero attached hydrogens (tertiary/aromatic N) is 2. The van der Waals surface area contributed by atoms with E-state index in [-0.39, 0.29) is 0 Å². The highest BCUT2D eigenvalue weighted by atomic mass is 79.9. The van der Waals surface area contributed by atoms with Gasteiger partial charge in [0.2, 0.25) is 0 Å². The first-order valence-corrected chi connectivity index (χ1v) is 5.20. The Morgan fingerprint density at radius 2 is 2.43 bits per heavy atom. The SMILES string of the molecule is Nc1ncc(Br)cc1C=NC1CNC1. The molecule has 74 valence electrons. The number of nitrogens with two attached hydrogens (primary N) is 1. The van der Waals surface area contributed by atoms with E-state index in [1.807, 2.05) is 6.07 Å². The summed E-state index contributed by atoms with van der Waals surface area (Å²) in [6.07, 6.45) is 3.47. The first kappa shape index (κ1) is 9.61. The van der Waals surface area contributed by atoms with Gasteiger partial charge < -0.3 is 11.1 Å². The van der Waals surface area contributed by atoms with Gasteiger partial charge in [0.05, 0.1) is 6.04 Å². The van der Waals surface area contributed by atoms with Crippen molar-refractivity contribution >= 4 is 28.0 Å². The number of anilines is 1. The lowest BCUT2D eigenvalue weighted by Gasteiger charge is -2.22. The highest BCUT2D eigenvalue weighted by Crippen LogP contribution is 2.13. The Morgan fingerprint density at radius 3 is 3.07 bits per heavy atom. The van der Waals surface area contributed by atoms with Gasteiger partial charge in [-0.1, -0.05) is 0 Å². The molecule has 0 aliphatic carbocycles. The van der Waals surface area contributed by atoms with Gasteiger partial charge >= 0.3 is 0 Å². The molecule has 0 unspecified atom stereocenters. The fraction of sp³-hybridized carbons (Fsp3) is 0.333. The third-order valence-corrected chi connectivity index (χ3v) is 2.53. The van der Waals surface area contributed by atoms with Crippen molar-refractivity contribution in [2.45, 2.75) is 6.04 Å². The van der Waals surface area contributed by atoms with E-state index < -0.39 is 0 Å². The molecule has 4 nitrogen and oxygen atoms in total. The summed E-state index contributed by atoms with van der Waals surface area (Å²) < 4.78 is 0.917. The second-order valence-corrected chi connectivity index (χ2v) is 4.13. The predicted molar refractivity (Wildman–Crippen MR) is 60.6 cm³/mol. The zero-order chi connectivity index (χ0) is 9.97. The Morgan fingerprint density at radius 1 is 1.64 bits per heavy atom. The van der Waals surface area contributed by atoms with Crippen molar-refractivity contribution in [3.63, 3.8) is 0 Å². The second-order valence-electron chi connectivity index (χ2n) is 3.22. The lowest BCUT2D eigenvalue weighted by molar-refractivity contribution is 0.449. The Kier molecular flexibility index (Phi) is 2.79. The first-order chi connectivity index (χ1) is 6.75. The van der Waals surface area contributed by atoms with Crippen LogP contribution in [0.4, 0.5) is 5.82 Å². The van der Waals surface area contributed by atoms with Gasteiger partial charge in [-0.2, -0.15) is 0 Å². The molecule has 14 heavy (non-hydrogen) atoms. The fourth-order valence-electron chi connectivity index (χ4n) is 1.13. The van der Waals surface area contributed by atoms with E-state index in [0.717, 1.165) is 23.1 Å². The van der Waals surface area contributed by atoms with Crippen molar-refractivity contribution in [2.24, 2.45) is 4.99 Å². The zero-order valence-electron chi connectivity index (χ0n) is 7.57.